The fourth-order valence-corrected chi connectivity index (χ4v) is 0.402. The first-order valence-corrected chi connectivity index (χ1v) is 3.00. The molecule has 0 fully saturated rings. The summed E-state index contributed by atoms with van der Waals surface area (Å²) in [4.78, 5) is 0.118. The van der Waals surface area contributed by atoms with E-state index in [0.29, 0.717) is 0 Å². The van der Waals surface area contributed by atoms with Gasteiger partial charge in [-0.2, -0.15) is 0 Å². The normalized spacial score (nSPS) is 15.3. The molecule has 0 heterocycles. The van der Waals surface area contributed by atoms with Gasteiger partial charge < -0.3 is 5.73 Å². The van der Waals surface area contributed by atoms with Crippen molar-refractivity contribution in [3.63, 3.8) is 0 Å². The summed E-state index contributed by atoms with van der Waals surface area (Å²) in [7, 11) is 0. The Hall–Kier alpha value is -0.280. The third kappa shape index (κ3) is 4.24. The van der Waals surface area contributed by atoms with Gasteiger partial charge in [0.05, 0.1) is 0 Å². The lowest BCUT2D eigenvalue weighted by Crippen LogP contribution is -2.10. The molecule has 2 N–H and O–H groups in total. The largest absolute Gasteiger partial charge is 0.325 e. The van der Waals surface area contributed by atoms with Crippen LogP contribution < -0.4 is 5.73 Å². The van der Waals surface area contributed by atoms with E-state index in [-0.39, 0.29) is 10.9 Å². The highest BCUT2D eigenvalue weighted by Crippen LogP contribution is 2.12. The number of thiol groups is 1. The van der Waals surface area contributed by atoms with Crippen molar-refractivity contribution < 1.29 is 4.39 Å². The maximum atomic E-state index is 12.4. The maximum Gasteiger partial charge on any atom is 0.133 e. The van der Waals surface area contributed by atoms with E-state index in [0.717, 1.165) is 0 Å². The topological polar surface area (TPSA) is 26.0 Å². The van der Waals surface area contributed by atoms with Gasteiger partial charge >= 0.3 is 0 Å². The van der Waals surface area contributed by atoms with Crippen LogP contribution in [0.4, 0.5) is 4.39 Å². The zero-order valence-electron chi connectivity index (χ0n) is 5.26. The summed E-state index contributed by atoms with van der Waals surface area (Å²) in [6.07, 6.45) is 1.26. The van der Waals surface area contributed by atoms with E-state index in [1.165, 1.54) is 6.08 Å². The van der Waals surface area contributed by atoms with Crippen molar-refractivity contribution in [3.8, 4) is 0 Å². The molecule has 0 aliphatic heterocycles. The number of hydrogen-bond donors (Lipinski definition) is 2. The number of nitrogens with two attached hydrogens (primary N) is 1. The average Bonchev–Trinajstić information content (AvgIpc) is 1.63. The zero-order valence-corrected chi connectivity index (χ0v) is 6.16. The second-order valence-corrected chi connectivity index (χ2v) is 2.36. The van der Waals surface area contributed by atoms with Crippen LogP contribution in [-0.4, -0.2) is 6.04 Å². The molecule has 0 radical (unpaired) electrons. The molecule has 0 aliphatic rings. The molecule has 1 unspecified atom stereocenters. The van der Waals surface area contributed by atoms with Crippen LogP contribution in [-0.2, 0) is 0 Å². The zero-order chi connectivity index (χ0) is 7.44. The lowest BCUT2D eigenvalue weighted by molar-refractivity contribution is 0.651. The van der Waals surface area contributed by atoms with Crippen LogP contribution >= 0.6 is 12.6 Å². The van der Waals surface area contributed by atoms with Crippen molar-refractivity contribution in [3.05, 3.63) is 23.4 Å². The third-order valence-electron chi connectivity index (χ3n) is 0.685. The van der Waals surface area contributed by atoms with Crippen molar-refractivity contribution >= 4 is 12.6 Å². The summed E-state index contributed by atoms with van der Waals surface area (Å²) in [6, 6.07) is -0.283. The Kier molecular flexibility index (Phi) is 3.58. The summed E-state index contributed by atoms with van der Waals surface area (Å²) in [5, 5.41) is 0. The Labute approximate surface area is 59.8 Å². The van der Waals surface area contributed by atoms with Crippen LogP contribution in [0, 0.1) is 0 Å². The van der Waals surface area contributed by atoms with Gasteiger partial charge in [0.15, 0.2) is 0 Å². The Balaban J connectivity index is 4.00. The Morgan fingerprint density at radius 2 is 2.33 bits per heavy atom. The highest BCUT2D eigenvalue weighted by Gasteiger charge is 1.95. The van der Waals surface area contributed by atoms with Gasteiger partial charge in [-0.1, -0.05) is 6.58 Å². The monoisotopic (exact) mass is 147 g/mol. The van der Waals surface area contributed by atoms with Crippen molar-refractivity contribution in [2.45, 2.75) is 13.0 Å². The second kappa shape index (κ2) is 3.69. The SMILES string of the molecule is C=C(S)/C(F)=C\C(C)N. The van der Waals surface area contributed by atoms with Crippen molar-refractivity contribution in [1.82, 2.24) is 0 Å². The summed E-state index contributed by atoms with van der Waals surface area (Å²) >= 11 is 3.67. The number of allylic oxidation sites excluding steroid dienone is 1. The molecule has 0 aromatic rings. The van der Waals surface area contributed by atoms with Gasteiger partial charge in [-0.3, -0.25) is 0 Å². The van der Waals surface area contributed by atoms with Gasteiger partial charge in [0, 0.05) is 10.9 Å². The molecular formula is C6H10FNS. The predicted molar refractivity (Wildman–Crippen MR) is 41.0 cm³/mol. The van der Waals surface area contributed by atoms with Crippen LogP contribution in [0.2, 0.25) is 0 Å². The molecule has 0 aromatic carbocycles. The fourth-order valence-electron chi connectivity index (χ4n) is 0.327. The van der Waals surface area contributed by atoms with E-state index in [1.807, 2.05) is 0 Å². The van der Waals surface area contributed by atoms with Crippen molar-refractivity contribution in [1.29, 1.82) is 0 Å². The molecule has 9 heavy (non-hydrogen) atoms. The molecule has 0 saturated heterocycles. The fraction of sp³-hybridized carbons (Fsp3) is 0.333. The van der Waals surface area contributed by atoms with E-state index in [1.54, 1.807) is 6.92 Å². The molecular weight excluding hydrogens is 137 g/mol. The van der Waals surface area contributed by atoms with Crippen molar-refractivity contribution in [2.24, 2.45) is 5.73 Å². The molecule has 3 heteroatoms. The number of hydrogen-bond acceptors (Lipinski definition) is 2. The lowest BCUT2D eigenvalue weighted by Gasteiger charge is -1.96. The van der Waals surface area contributed by atoms with Gasteiger partial charge in [-0.05, 0) is 13.0 Å². The summed E-state index contributed by atoms with van der Waals surface area (Å²) in [6.45, 7) is 4.95. The Bertz CT molecular complexity index is 140. The molecule has 0 saturated carbocycles. The van der Waals surface area contributed by atoms with E-state index in [9.17, 15) is 4.39 Å². The third-order valence-corrected chi connectivity index (χ3v) is 0.899. The minimum Gasteiger partial charge on any atom is -0.325 e. The summed E-state index contributed by atoms with van der Waals surface area (Å²) in [5.74, 6) is -0.451. The number of rotatable bonds is 2. The molecule has 0 rings (SSSR count). The summed E-state index contributed by atoms with van der Waals surface area (Å²) in [5.41, 5.74) is 5.24. The smallest absolute Gasteiger partial charge is 0.133 e. The van der Waals surface area contributed by atoms with E-state index >= 15 is 0 Å². The molecule has 0 aromatic heterocycles. The minimum atomic E-state index is -0.451. The van der Waals surface area contributed by atoms with Crippen LogP contribution in [0.15, 0.2) is 23.4 Å². The molecule has 52 valence electrons. The highest BCUT2D eigenvalue weighted by atomic mass is 32.1. The van der Waals surface area contributed by atoms with E-state index in [4.69, 9.17) is 5.73 Å². The predicted octanol–water partition coefficient (Wildman–Crippen LogP) is 1.63. The van der Waals surface area contributed by atoms with E-state index < -0.39 is 5.83 Å². The number of halogens is 1. The molecule has 1 atom stereocenters. The van der Waals surface area contributed by atoms with Gasteiger partial charge in [-0.25, -0.2) is 4.39 Å². The standard InChI is InChI=1S/C6H10FNS/c1-4(8)3-6(7)5(2)9/h3-4,9H,2,8H2,1H3/b6-3+. The molecule has 0 spiro atoms. The quantitative estimate of drug-likeness (QED) is 0.450. The first kappa shape index (κ1) is 8.72. The Morgan fingerprint density at radius 3 is 2.44 bits per heavy atom. The van der Waals surface area contributed by atoms with E-state index in [2.05, 4.69) is 19.2 Å². The lowest BCUT2D eigenvalue weighted by atomic mass is 10.3. The van der Waals surface area contributed by atoms with Gasteiger partial charge in [-0.15, -0.1) is 12.6 Å². The maximum absolute atomic E-state index is 12.4. The van der Waals surface area contributed by atoms with Crippen molar-refractivity contribution in [2.75, 3.05) is 0 Å². The van der Waals surface area contributed by atoms with Crippen LogP contribution in [0.3, 0.4) is 0 Å². The van der Waals surface area contributed by atoms with Crippen LogP contribution in [0.1, 0.15) is 6.92 Å². The first-order chi connectivity index (χ1) is 4.04. The first-order valence-electron chi connectivity index (χ1n) is 2.55. The molecule has 0 bridgehead atoms. The highest BCUT2D eigenvalue weighted by molar-refractivity contribution is 7.84. The van der Waals surface area contributed by atoms with Gasteiger partial charge in [0.2, 0.25) is 0 Å². The van der Waals surface area contributed by atoms with Gasteiger partial charge in [0.1, 0.15) is 5.83 Å². The molecule has 0 aliphatic carbocycles. The summed E-state index contributed by atoms with van der Waals surface area (Å²) < 4.78 is 12.4. The molecule has 0 amide bonds. The Morgan fingerprint density at radius 1 is 1.89 bits per heavy atom. The second-order valence-electron chi connectivity index (χ2n) is 1.82. The molecule has 1 nitrogen and oxygen atoms in total. The van der Waals surface area contributed by atoms with Crippen LogP contribution in [0.5, 0.6) is 0 Å². The van der Waals surface area contributed by atoms with Crippen LogP contribution in [0.25, 0.3) is 0 Å². The average molecular weight is 147 g/mol. The minimum absolute atomic E-state index is 0.118. The van der Waals surface area contributed by atoms with Gasteiger partial charge in [0.25, 0.3) is 0 Å².